The fourth-order valence-electron chi connectivity index (χ4n) is 1.54. The van der Waals surface area contributed by atoms with Gasteiger partial charge in [0.25, 0.3) is 0 Å². The van der Waals surface area contributed by atoms with E-state index in [-0.39, 0.29) is 36.0 Å². The van der Waals surface area contributed by atoms with Crippen molar-refractivity contribution in [2.75, 3.05) is 11.5 Å². The van der Waals surface area contributed by atoms with Crippen LogP contribution in [0.4, 0.5) is 4.79 Å². The number of thioether (sulfide) groups is 1. The molecule has 94 valence electrons. The summed E-state index contributed by atoms with van der Waals surface area (Å²) in [5.41, 5.74) is -1.25. The quantitative estimate of drug-likeness (QED) is 0.337. The molecule has 3 amide bonds. The van der Waals surface area contributed by atoms with Crippen LogP contribution in [0, 0.1) is 5.41 Å². The maximum atomic E-state index is 11.8. The van der Waals surface area contributed by atoms with Crippen LogP contribution in [0.15, 0.2) is 17.6 Å². The van der Waals surface area contributed by atoms with Gasteiger partial charge in [0.05, 0.1) is 5.41 Å². The van der Waals surface area contributed by atoms with Crippen LogP contribution in [-0.2, 0) is 4.79 Å². The van der Waals surface area contributed by atoms with E-state index in [1.807, 2.05) is 6.92 Å². The van der Waals surface area contributed by atoms with Crippen molar-refractivity contribution >= 4 is 29.6 Å². The molecule has 0 saturated carbocycles. The smallest absolute Gasteiger partial charge is 0.861 e. The molecule has 0 bridgehead atoms. The minimum absolute atomic E-state index is 0. The van der Waals surface area contributed by atoms with Crippen LogP contribution < -0.4 is 40.0 Å². The second-order valence-electron chi connectivity index (χ2n) is 3.80. The maximum Gasteiger partial charge on any atom is 1.00 e. The van der Waals surface area contributed by atoms with E-state index in [1.165, 1.54) is 17.8 Å². The molecule has 1 aliphatic rings. The number of imide groups is 1. The predicted molar refractivity (Wildman–Crippen MR) is 65.8 cm³/mol. The van der Waals surface area contributed by atoms with E-state index in [1.54, 1.807) is 0 Å². The average Bonchev–Trinajstić information content (AvgIpc) is 2.25. The van der Waals surface area contributed by atoms with Crippen molar-refractivity contribution in [3.05, 3.63) is 12.7 Å². The fourth-order valence-corrected chi connectivity index (χ4v) is 2.70. The summed E-state index contributed by atoms with van der Waals surface area (Å²) in [6.45, 7) is 5.57. The summed E-state index contributed by atoms with van der Waals surface area (Å²) >= 11 is 1.51. The molecule has 0 fully saturated rings. The third-order valence-electron chi connectivity index (χ3n) is 2.46. The molecule has 0 radical (unpaired) electrons. The van der Waals surface area contributed by atoms with E-state index in [2.05, 4.69) is 16.9 Å². The molecule has 18 heavy (non-hydrogen) atoms. The number of hydrogen-bond acceptors (Lipinski definition) is 4. The summed E-state index contributed by atoms with van der Waals surface area (Å²) in [6.07, 6.45) is 2.67. The van der Waals surface area contributed by atoms with Gasteiger partial charge in [-0.25, -0.2) is 9.79 Å². The Kier molecular flexibility index (Phi) is 7.86. The van der Waals surface area contributed by atoms with Gasteiger partial charge >= 0.3 is 35.6 Å². The third kappa shape index (κ3) is 3.85. The minimum Gasteiger partial charge on any atom is -0.861 e. The molecule has 0 aliphatic carbocycles. The van der Waals surface area contributed by atoms with Crippen molar-refractivity contribution in [2.24, 2.45) is 10.4 Å². The minimum atomic E-state index is -1.25. The van der Waals surface area contributed by atoms with Gasteiger partial charge in [-0.2, -0.15) is 11.8 Å². The van der Waals surface area contributed by atoms with Crippen molar-refractivity contribution in [1.29, 1.82) is 0 Å². The zero-order valence-electron chi connectivity index (χ0n) is 10.7. The van der Waals surface area contributed by atoms with Crippen molar-refractivity contribution in [3.8, 4) is 0 Å². The number of nitrogens with zero attached hydrogens (tertiary/aromatic N) is 1. The van der Waals surface area contributed by atoms with Gasteiger partial charge in [-0.15, -0.1) is 6.58 Å². The molecular weight excluding hydrogens is 263 g/mol. The zero-order valence-corrected chi connectivity index (χ0v) is 13.5. The molecule has 5 nitrogen and oxygen atoms in total. The van der Waals surface area contributed by atoms with Crippen molar-refractivity contribution in [1.82, 2.24) is 5.32 Å². The van der Waals surface area contributed by atoms with Crippen LogP contribution >= 0.6 is 11.8 Å². The summed E-state index contributed by atoms with van der Waals surface area (Å²) in [4.78, 5) is 26.1. The van der Waals surface area contributed by atoms with Crippen LogP contribution in [0.3, 0.4) is 0 Å². The Bertz CT molecular complexity index is 373. The first kappa shape index (κ1) is 17.7. The van der Waals surface area contributed by atoms with Crippen LogP contribution in [0.25, 0.3) is 0 Å². The van der Waals surface area contributed by atoms with Crippen LogP contribution in [0.5, 0.6) is 0 Å². The van der Waals surface area contributed by atoms with E-state index in [9.17, 15) is 14.7 Å². The Labute approximate surface area is 133 Å². The first-order chi connectivity index (χ1) is 8.06. The van der Waals surface area contributed by atoms with Gasteiger partial charge in [-0.05, 0) is 24.5 Å². The number of allylic oxidation sites excluding steroid dienone is 1. The Morgan fingerprint density at radius 3 is 2.72 bits per heavy atom. The number of nitrogens with one attached hydrogen (secondary N) is 1. The van der Waals surface area contributed by atoms with Gasteiger partial charge in [0.2, 0.25) is 5.91 Å². The van der Waals surface area contributed by atoms with Gasteiger partial charge in [-0.3, -0.25) is 10.1 Å². The molecule has 1 heterocycles. The van der Waals surface area contributed by atoms with Gasteiger partial charge in [0.15, 0.2) is 0 Å². The van der Waals surface area contributed by atoms with E-state index in [0.717, 1.165) is 12.2 Å². The molecule has 0 spiro atoms. The summed E-state index contributed by atoms with van der Waals surface area (Å²) in [5.74, 6) is -0.0393. The molecule has 1 atom stereocenters. The standard InChI is InChI=1S/C11H16N2O3S.Na/c1-3-5-11(7-17-6-4-2)8(14)12-10(16)13-9(11)15;/h3H,1,4-7H2,2H3,(H2,12,13,14,15,16);/q;+1/p-1. The predicted octanol–water partition coefficient (Wildman–Crippen LogP) is -2.30. The fraction of sp³-hybridized carbons (Fsp3) is 0.545. The van der Waals surface area contributed by atoms with Gasteiger partial charge in [-0.1, -0.05) is 13.0 Å². The molecule has 1 aliphatic heterocycles. The molecule has 7 heteroatoms. The van der Waals surface area contributed by atoms with Gasteiger partial charge in [0.1, 0.15) is 0 Å². The Morgan fingerprint density at radius 2 is 2.22 bits per heavy atom. The van der Waals surface area contributed by atoms with Crippen molar-refractivity contribution in [2.45, 2.75) is 19.8 Å². The number of urea groups is 1. The Morgan fingerprint density at radius 1 is 1.56 bits per heavy atom. The Balaban J connectivity index is 0.00000289. The topological polar surface area (TPSA) is 81.6 Å². The second kappa shape index (κ2) is 7.99. The molecule has 1 unspecified atom stereocenters. The molecule has 0 aromatic carbocycles. The molecular formula is C11H15N2NaO3S. The number of aliphatic imine (C=N–C) groups is 1. The van der Waals surface area contributed by atoms with E-state index >= 15 is 0 Å². The number of carbonyl (C=O) groups is 2. The summed E-state index contributed by atoms with van der Waals surface area (Å²) in [5, 5.41) is 13.9. The van der Waals surface area contributed by atoms with Gasteiger partial charge < -0.3 is 5.11 Å². The molecule has 0 aromatic heterocycles. The normalized spacial score (nSPS) is 22.8. The van der Waals surface area contributed by atoms with Crippen molar-refractivity contribution < 1.29 is 44.3 Å². The molecule has 0 saturated heterocycles. The Hall–Kier alpha value is -0.300. The van der Waals surface area contributed by atoms with E-state index in [4.69, 9.17) is 0 Å². The van der Waals surface area contributed by atoms with Gasteiger partial charge in [0, 0.05) is 5.75 Å². The van der Waals surface area contributed by atoms with Crippen molar-refractivity contribution in [3.63, 3.8) is 0 Å². The number of hydrogen-bond donors (Lipinski definition) is 1. The zero-order chi connectivity index (χ0) is 12.9. The largest absolute Gasteiger partial charge is 1.00 e. The third-order valence-corrected chi connectivity index (χ3v) is 3.85. The number of rotatable bonds is 6. The monoisotopic (exact) mass is 278 g/mol. The van der Waals surface area contributed by atoms with Crippen LogP contribution in [0.2, 0.25) is 0 Å². The molecule has 1 rings (SSSR count). The first-order valence-corrected chi connectivity index (χ1v) is 6.52. The molecule has 1 N–H and O–H groups in total. The van der Waals surface area contributed by atoms with E-state index < -0.39 is 23.3 Å². The van der Waals surface area contributed by atoms with Crippen LogP contribution in [-0.4, -0.2) is 29.3 Å². The first-order valence-electron chi connectivity index (χ1n) is 5.37. The SMILES string of the molecule is C=CCC1(CSCCC)C(=O)NC(=O)N=C1[O-].[Na+]. The number of amides is 3. The van der Waals surface area contributed by atoms with E-state index in [0.29, 0.717) is 5.75 Å². The maximum absolute atomic E-state index is 11.8. The summed E-state index contributed by atoms with van der Waals surface area (Å²) in [6, 6.07) is -0.875. The average molecular weight is 278 g/mol. The molecule has 0 aromatic rings. The number of carbonyl (C=O) groups excluding carboxylic acids is 2. The summed E-state index contributed by atoms with van der Waals surface area (Å²) < 4.78 is 0. The summed E-state index contributed by atoms with van der Waals surface area (Å²) in [7, 11) is 0. The van der Waals surface area contributed by atoms with Crippen LogP contribution in [0.1, 0.15) is 19.8 Å². The second-order valence-corrected chi connectivity index (χ2v) is 4.91.